The molecule has 0 atom stereocenters. The van der Waals surface area contributed by atoms with Gasteiger partial charge in [-0.05, 0) is 25.0 Å². The maximum absolute atomic E-state index is 9.75. The summed E-state index contributed by atoms with van der Waals surface area (Å²) in [5, 5.41) is 0. The van der Waals surface area contributed by atoms with Crippen LogP contribution in [0.1, 0.15) is 36.6 Å². The summed E-state index contributed by atoms with van der Waals surface area (Å²) in [4.78, 5) is 0. The van der Waals surface area contributed by atoms with E-state index in [1.54, 1.807) is 0 Å². The topological polar surface area (TPSA) is 7.76 Å². The molecule has 0 fully saturated rings. The highest BCUT2D eigenvalue weighted by molar-refractivity contribution is 6.50. The highest BCUT2D eigenvalue weighted by Crippen LogP contribution is 2.21. The Bertz CT molecular complexity index is 708. The standard InChI is InChI=1S/C18H26N2.2BF4/c1-7-19-13(3)9-17(10-14(19)4)18-11-15(5)20(8-2)16(6)12-18;2*2-1(3,4)5/h9-12H,7-8H2,1-6H3;;/q+2;2*-1. The van der Waals surface area contributed by atoms with Crippen LogP contribution in [-0.2, 0) is 13.1 Å². The maximum atomic E-state index is 9.75. The lowest BCUT2D eigenvalue weighted by Crippen LogP contribution is -2.39. The number of hydrogen-bond donors (Lipinski definition) is 0. The minimum absolute atomic E-state index is 1.03. The Morgan fingerprint density at radius 3 is 0.833 bits per heavy atom. The van der Waals surface area contributed by atoms with Gasteiger partial charge in [0.1, 0.15) is 13.1 Å². The van der Waals surface area contributed by atoms with E-state index in [0.717, 1.165) is 13.1 Å². The van der Waals surface area contributed by atoms with Crippen molar-refractivity contribution in [3.63, 3.8) is 0 Å². The zero-order chi connectivity index (χ0) is 23.9. The molecule has 0 N–H and O–H groups in total. The molecule has 2 heterocycles. The van der Waals surface area contributed by atoms with Crippen LogP contribution in [0.3, 0.4) is 0 Å². The number of halogens is 8. The van der Waals surface area contributed by atoms with Crippen LogP contribution in [0.4, 0.5) is 34.5 Å². The first kappa shape index (κ1) is 27.9. The molecule has 30 heavy (non-hydrogen) atoms. The van der Waals surface area contributed by atoms with Crippen molar-refractivity contribution in [2.45, 2.75) is 54.6 Å². The van der Waals surface area contributed by atoms with E-state index in [4.69, 9.17) is 0 Å². The normalized spacial score (nSPS) is 11.3. The fourth-order valence-electron chi connectivity index (χ4n) is 3.18. The molecule has 2 nitrogen and oxygen atoms in total. The number of hydrogen-bond acceptors (Lipinski definition) is 0. The monoisotopic (exact) mass is 444 g/mol. The molecule has 0 spiro atoms. The first-order valence-corrected chi connectivity index (χ1v) is 9.25. The molecule has 12 heteroatoms. The molecule has 0 aliphatic carbocycles. The van der Waals surface area contributed by atoms with E-state index in [1.165, 1.54) is 33.9 Å². The molecule has 0 bridgehead atoms. The lowest BCUT2D eigenvalue weighted by atomic mass is 10.0. The van der Waals surface area contributed by atoms with Crippen molar-refractivity contribution in [1.82, 2.24) is 0 Å². The Hall–Kier alpha value is -2.13. The number of aromatic nitrogens is 2. The lowest BCUT2D eigenvalue weighted by Gasteiger charge is -2.08. The number of pyridine rings is 2. The van der Waals surface area contributed by atoms with E-state index < -0.39 is 14.5 Å². The number of rotatable bonds is 3. The van der Waals surface area contributed by atoms with Gasteiger partial charge in [-0.15, -0.1) is 0 Å². The fraction of sp³-hybridized carbons (Fsp3) is 0.444. The summed E-state index contributed by atoms with van der Waals surface area (Å²) < 4.78 is 82.7. The van der Waals surface area contributed by atoms with Crippen molar-refractivity contribution >= 4 is 14.5 Å². The second-order valence-corrected chi connectivity index (χ2v) is 6.53. The molecule has 2 aromatic rings. The van der Waals surface area contributed by atoms with Gasteiger partial charge in [0, 0.05) is 52.0 Å². The first-order chi connectivity index (χ1) is 13.5. The summed E-state index contributed by atoms with van der Waals surface area (Å²) in [6.07, 6.45) is 0. The van der Waals surface area contributed by atoms with Crippen molar-refractivity contribution in [1.29, 1.82) is 0 Å². The summed E-state index contributed by atoms with van der Waals surface area (Å²) in [7, 11) is -12.0. The molecule has 0 radical (unpaired) electrons. The van der Waals surface area contributed by atoms with Crippen LogP contribution in [-0.4, -0.2) is 14.5 Å². The lowest BCUT2D eigenvalue weighted by molar-refractivity contribution is -0.705. The number of nitrogens with zero attached hydrogens (tertiary/aromatic N) is 2. The van der Waals surface area contributed by atoms with E-state index in [0.29, 0.717) is 0 Å². The van der Waals surface area contributed by atoms with Gasteiger partial charge in [0.2, 0.25) is 0 Å². The maximum Gasteiger partial charge on any atom is 0.673 e. The zero-order valence-electron chi connectivity index (χ0n) is 17.8. The van der Waals surface area contributed by atoms with Gasteiger partial charge in [0.05, 0.1) is 0 Å². The highest BCUT2D eigenvalue weighted by Gasteiger charge is 2.21. The van der Waals surface area contributed by atoms with E-state index >= 15 is 0 Å². The highest BCUT2D eigenvalue weighted by atomic mass is 19.5. The Labute approximate surface area is 171 Å². The van der Waals surface area contributed by atoms with E-state index in [9.17, 15) is 34.5 Å². The molecule has 170 valence electrons. The smallest absolute Gasteiger partial charge is 0.418 e. The minimum atomic E-state index is -6.00. The first-order valence-electron chi connectivity index (χ1n) is 9.25. The molecule has 0 aromatic carbocycles. The Morgan fingerprint density at radius 2 is 0.700 bits per heavy atom. The third kappa shape index (κ3) is 11.2. The fourth-order valence-corrected chi connectivity index (χ4v) is 3.18. The largest absolute Gasteiger partial charge is 0.673 e. The van der Waals surface area contributed by atoms with Crippen LogP contribution in [0.2, 0.25) is 0 Å². The Kier molecular flexibility index (Phi) is 10.5. The molecule has 0 amide bonds. The molecule has 0 saturated heterocycles. The predicted octanol–water partition coefficient (Wildman–Crippen LogP) is 5.80. The third-order valence-corrected chi connectivity index (χ3v) is 4.13. The van der Waals surface area contributed by atoms with Gasteiger partial charge in [-0.25, -0.2) is 9.13 Å². The van der Waals surface area contributed by atoms with Crippen molar-refractivity contribution < 1.29 is 43.7 Å². The van der Waals surface area contributed by atoms with Gasteiger partial charge in [-0.1, -0.05) is 0 Å². The van der Waals surface area contributed by atoms with Crippen LogP contribution in [0.5, 0.6) is 0 Å². The zero-order valence-corrected chi connectivity index (χ0v) is 17.8. The van der Waals surface area contributed by atoms with Crippen LogP contribution in [0.25, 0.3) is 11.1 Å². The quantitative estimate of drug-likeness (QED) is 0.321. The van der Waals surface area contributed by atoms with Gasteiger partial charge in [-0.3, -0.25) is 0 Å². The molecule has 2 aromatic heterocycles. The SMILES string of the molecule is CC[n+]1c(C)cc(-c2cc(C)[n+](CC)c(C)c2)cc1C.F[B-](F)(F)F.F[B-](F)(F)F. The summed E-state index contributed by atoms with van der Waals surface area (Å²) in [6.45, 7) is 15.2. The summed E-state index contributed by atoms with van der Waals surface area (Å²) >= 11 is 0. The van der Waals surface area contributed by atoms with Crippen molar-refractivity contribution in [2.75, 3.05) is 0 Å². The third-order valence-electron chi connectivity index (χ3n) is 4.13. The average Bonchev–Trinajstić information content (AvgIpc) is 2.51. The molecule has 0 unspecified atom stereocenters. The Balaban J connectivity index is 0.000000702. The molecule has 0 aliphatic heterocycles. The number of aryl methyl sites for hydroxylation is 4. The molecular formula is C18H26B2F8N2. The van der Waals surface area contributed by atoms with Crippen molar-refractivity contribution in [3.05, 3.63) is 47.0 Å². The van der Waals surface area contributed by atoms with Gasteiger partial charge < -0.3 is 34.5 Å². The van der Waals surface area contributed by atoms with Crippen LogP contribution >= 0.6 is 0 Å². The second kappa shape index (κ2) is 11.3. The van der Waals surface area contributed by atoms with Crippen molar-refractivity contribution in [2.24, 2.45) is 0 Å². The van der Waals surface area contributed by atoms with Gasteiger partial charge in [-0.2, -0.15) is 0 Å². The molecular weight excluding hydrogens is 418 g/mol. The van der Waals surface area contributed by atoms with Crippen LogP contribution < -0.4 is 9.13 Å². The van der Waals surface area contributed by atoms with Crippen LogP contribution in [0.15, 0.2) is 24.3 Å². The molecule has 0 aliphatic rings. The predicted molar refractivity (Wildman–Crippen MR) is 103 cm³/mol. The Morgan fingerprint density at radius 1 is 0.533 bits per heavy atom. The van der Waals surface area contributed by atoms with E-state index in [1.807, 2.05) is 0 Å². The average molecular weight is 444 g/mol. The van der Waals surface area contributed by atoms with Gasteiger partial charge in [0.15, 0.2) is 22.8 Å². The van der Waals surface area contributed by atoms with Crippen LogP contribution in [0, 0.1) is 27.7 Å². The summed E-state index contributed by atoms with van der Waals surface area (Å²) in [5.41, 5.74) is 7.93. The van der Waals surface area contributed by atoms with E-state index in [2.05, 4.69) is 74.9 Å². The second-order valence-electron chi connectivity index (χ2n) is 6.53. The molecule has 0 saturated carbocycles. The van der Waals surface area contributed by atoms with Gasteiger partial charge >= 0.3 is 14.5 Å². The minimum Gasteiger partial charge on any atom is -0.418 e. The summed E-state index contributed by atoms with van der Waals surface area (Å²) in [5.74, 6) is 0. The van der Waals surface area contributed by atoms with Gasteiger partial charge in [0.25, 0.3) is 0 Å². The van der Waals surface area contributed by atoms with Crippen molar-refractivity contribution in [3.8, 4) is 11.1 Å². The molecule has 2 rings (SSSR count). The van der Waals surface area contributed by atoms with E-state index in [-0.39, 0.29) is 0 Å². The summed E-state index contributed by atoms with van der Waals surface area (Å²) in [6, 6.07) is 9.17.